The highest BCUT2D eigenvalue weighted by atomic mass is 16.3. The van der Waals surface area contributed by atoms with E-state index in [4.69, 9.17) is 0 Å². The van der Waals surface area contributed by atoms with Gasteiger partial charge in [-0.3, -0.25) is 0 Å². The van der Waals surface area contributed by atoms with Crippen LogP contribution >= 0.6 is 0 Å². The van der Waals surface area contributed by atoms with E-state index in [0.29, 0.717) is 6.42 Å². The molecule has 1 unspecified atom stereocenters. The van der Waals surface area contributed by atoms with Crippen molar-refractivity contribution in [3.8, 4) is 0 Å². The Morgan fingerprint density at radius 1 is 1.09 bits per heavy atom. The van der Waals surface area contributed by atoms with E-state index in [1.54, 1.807) is 0 Å². The molecule has 0 bridgehead atoms. The van der Waals surface area contributed by atoms with Crippen LogP contribution in [0.5, 0.6) is 0 Å². The molecule has 0 heterocycles. The summed E-state index contributed by atoms with van der Waals surface area (Å²) in [6.45, 7) is 0.228. The average Bonchev–Trinajstić information content (AvgIpc) is 3.01. The number of hydrogen-bond donors (Lipinski definition) is 3. The van der Waals surface area contributed by atoms with Crippen LogP contribution in [0.1, 0.15) is 23.1 Å². The third kappa shape index (κ3) is 4.33. The van der Waals surface area contributed by atoms with Gasteiger partial charge in [-0.2, -0.15) is 0 Å². The van der Waals surface area contributed by atoms with E-state index in [1.807, 2.05) is 42.5 Å². The maximum atomic E-state index is 11.9. The Morgan fingerprint density at radius 3 is 2.70 bits per heavy atom. The first-order chi connectivity index (χ1) is 11.2. The first-order valence-corrected chi connectivity index (χ1v) is 8.09. The van der Waals surface area contributed by atoms with Crippen LogP contribution in [0.4, 0.5) is 10.5 Å². The standard InChI is InChI=1S/C19H22N2O2/c22-18(11-14-5-2-1-3-6-14)13-20-19(23)21-17-10-9-15-7-4-8-16(15)12-17/h1-3,5-6,9-10,12,18,22H,4,7-8,11,13H2,(H2,20,21,23). The van der Waals surface area contributed by atoms with Gasteiger partial charge in [0.1, 0.15) is 0 Å². The fourth-order valence-corrected chi connectivity index (χ4v) is 2.99. The molecule has 0 saturated carbocycles. The quantitative estimate of drug-likeness (QED) is 0.795. The number of aryl methyl sites for hydroxylation is 2. The summed E-state index contributed by atoms with van der Waals surface area (Å²) in [5.41, 5.74) is 4.57. The van der Waals surface area contributed by atoms with E-state index in [-0.39, 0.29) is 12.6 Å². The van der Waals surface area contributed by atoms with Crippen molar-refractivity contribution < 1.29 is 9.90 Å². The zero-order valence-corrected chi connectivity index (χ0v) is 13.1. The van der Waals surface area contributed by atoms with E-state index in [9.17, 15) is 9.90 Å². The predicted octanol–water partition coefficient (Wildman–Crippen LogP) is 2.90. The second-order valence-electron chi connectivity index (χ2n) is 6.02. The maximum absolute atomic E-state index is 11.9. The molecule has 0 aromatic heterocycles. The molecule has 23 heavy (non-hydrogen) atoms. The lowest BCUT2D eigenvalue weighted by molar-refractivity contribution is 0.172. The zero-order valence-electron chi connectivity index (χ0n) is 13.1. The van der Waals surface area contributed by atoms with Gasteiger partial charge in [-0.05, 0) is 48.1 Å². The van der Waals surface area contributed by atoms with Crippen molar-refractivity contribution in [1.29, 1.82) is 0 Å². The Bertz CT molecular complexity index is 670. The number of aliphatic hydroxyl groups is 1. The van der Waals surface area contributed by atoms with Crippen LogP contribution in [0.15, 0.2) is 48.5 Å². The number of rotatable bonds is 5. The number of hydrogen-bond acceptors (Lipinski definition) is 2. The third-order valence-electron chi connectivity index (χ3n) is 4.17. The minimum absolute atomic E-state index is 0.228. The SMILES string of the molecule is O=C(NCC(O)Cc1ccccc1)Nc1ccc2c(c1)CCC2. The van der Waals surface area contributed by atoms with Gasteiger partial charge >= 0.3 is 6.03 Å². The van der Waals surface area contributed by atoms with Crippen LogP contribution in [-0.4, -0.2) is 23.8 Å². The van der Waals surface area contributed by atoms with Gasteiger partial charge in [-0.25, -0.2) is 4.79 Å². The molecule has 3 N–H and O–H groups in total. The summed E-state index contributed by atoms with van der Waals surface area (Å²) >= 11 is 0. The minimum Gasteiger partial charge on any atom is -0.391 e. The molecular weight excluding hydrogens is 288 g/mol. The third-order valence-corrected chi connectivity index (χ3v) is 4.17. The highest BCUT2D eigenvalue weighted by Gasteiger charge is 2.12. The lowest BCUT2D eigenvalue weighted by Gasteiger charge is -2.13. The Kier molecular flexibility index (Phi) is 4.93. The van der Waals surface area contributed by atoms with Crippen LogP contribution < -0.4 is 10.6 Å². The first kappa shape index (κ1) is 15.6. The van der Waals surface area contributed by atoms with Gasteiger partial charge in [-0.15, -0.1) is 0 Å². The summed E-state index contributed by atoms with van der Waals surface area (Å²) in [7, 11) is 0. The van der Waals surface area contributed by atoms with Crippen LogP contribution in [0, 0.1) is 0 Å². The molecule has 120 valence electrons. The number of urea groups is 1. The molecule has 0 aliphatic heterocycles. The molecule has 0 saturated heterocycles. The molecule has 1 atom stereocenters. The van der Waals surface area contributed by atoms with Crippen molar-refractivity contribution in [2.45, 2.75) is 31.8 Å². The fraction of sp³-hybridized carbons (Fsp3) is 0.316. The highest BCUT2D eigenvalue weighted by Crippen LogP contribution is 2.24. The molecule has 2 amide bonds. The molecule has 0 radical (unpaired) electrons. The van der Waals surface area contributed by atoms with Gasteiger partial charge in [0.05, 0.1) is 6.10 Å². The average molecular weight is 310 g/mol. The van der Waals surface area contributed by atoms with Gasteiger partial charge in [0.25, 0.3) is 0 Å². The van der Waals surface area contributed by atoms with E-state index in [0.717, 1.165) is 24.1 Å². The van der Waals surface area contributed by atoms with Crippen LogP contribution in [0.25, 0.3) is 0 Å². The molecule has 2 aromatic rings. The second kappa shape index (κ2) is 7.29. The second-order valence-corrected chi connectivity index (χ2v) is 6.02. The van der Waals surface area contributed by atoms with E-state index in [1.165, 1.54) is 17.5 Å². The van der Waals surface area contributed by atoms with Crippen molar-refractivity contribution >= 4 is 11.7 Å². The molecule has 2 aromatic carbocycles. The number of aliphatic hydroxyl groups excluding tert-OH is 1. The van der Waals surface area contributed by atoms with Gasteiger partial charge in [0.15, 0.2) is 0 Å². The van der Waals surface area contributed by atoms with Gasteiger partial charge < -0.3 is 15.7 Å². The Balaban J connectivity index is 1.46. The van der Waals surface area contributed by atoms with Gasteiger partial charge in [0.2, 0.25) is 0 Å². The Morgan fingerprint density at radius 2 is 1.87 bits per heavy atom. The van der Waals surface area contributed by atoms with Crippen LogP contribution in [-0.2, 0) is 19.3 Å². The van der Waals surface area contributed by atoms with Crippen molar-refractivity contribution in [3.05, 3.63) is 65.2 Å². The number of anilines is 1. The Hall–Kier alpha value is -2.33. The first-order valence-electron chi connectivity index (χ1n) is 8.09. The van der Waals surface area contributed by atoms with E-state index < -0.39 is 6.10 Å². The predicted molar refractivity (Wildman–Crippen MR) is 91.6 cm³/mol. The maximum Gasteiger partial charge on any atom is 0.319 e. The number of fused-ring (bicyclic) bond motifs is 1. The molecule has 1 aliphatic carbocycles. The van der Waals surface area contributed by atoms with Crippen molar-refractivity contribution in [3.63, 3.8) is 0 Å². The van der Waals surface area contributed by atoms with Crippen molar-refractivity contribution in [1.82, 2.24) is 5.32 Å². The van der Waals surface area contributed by atoms with E-state index in [2.05, 4.69) is 16.7 Å². The summed E-state index contributed by atoms with van der Waals surface area (Å²) < 4.78 is 0. The molecule has 1 aliphatic rings. The zero-order chi connectivity index (χ0) is 16.1. The molecule has 0 spiro atoms. The fourth-order valence-electron chi connectivity index (χ4n) is 2.99. The smallest absolute Gasteiger partial charge is 0.319 e. The number of carbonyl (C=O) groups excluding carboxylic acids is 1. The monoisotopic (exact) mass is 310 g/mol. The molecular formula is C19H22N2O2. The molecule has 4 nitrogen and oxygen atoms in total. The number of nitrogens with one attached hydrogen (secondary N) is 2. The molecule has 4 heteroatoms. The lowest BCUT2D eigenvalue weighted by Crippen LogP contribution is -2.36. The van der Waals surface area contributed by atoms with Gasteiger partial charge in [-0.1, -0.05) is 36.4 Å². The summed E-state index contributed by atoms with van der Waals surface area (Å²) in [5.74, 6) is 0. The minimum atomic E-state index is -0.594. The Labute approximate surface area is 136 Å². The molecule has 0 fully saturated rings. The molecule has 3 rings (SSSR count). The largest absolute Gasteiger partial charge is 0.391 e. The van der Waals surface area contributed by atoms with Gasteiger partial charge in [0, 0.05) is 18.7 Å². The summed E-state index contributed by atoms with van der Waals surface area (Å²) in [5, 5.41) is 15.6. The number of benzene rings is 2. The number of carbonyl (C=O) groups is 1. The summed E-state index contributed by atoms with van der Waals surface area (Å²) in [6, 6.07) is 15.5. The van der Waals surface area contributed by atoms with Crippen LogP contribution in [0.2, 0.25) is 0 Å². The van der Waals surface area contributed by atoms with E-state index >= 15 is 0 Å². The summed E-state index contributed by atoms with van der Waals surface area (Å²) in [4.78, 5) is 11.9. The topological polar surface area (TPSA) is 61.4 Å². The van der Waals surface area contributed by atoms with Crippen molar-refractivity contribution in [2.75, 3.05) is 11.9 Å². The van der Waals surface area contributed by atoms with Crippen molar-refractivity contribution in [2.24, 2.45) is 0 Å². The summed E-state index contributed by atoms with van der Waals surface area (Å²) in [6.07, 6.45) is 3.34. The lowest BCUT2D eigenvalue weighted by atomic mass is 10.1. The normalized spacial score (nSPS) is 14.1. The number of amides is 2. The van der Waals surface area contributed by atoms with Crippen LogP contribution in [0.3, 0.4) is 0 Å². The highest BCUT2D eigenvalue weighted by molar-refractivity contribution is 5.89.